The van der Waals surface area contributed by atoms with E-state index in [4.69, 9.17) is 0 Å². The molecule has 1 aliphatic heterocycles. The van der Waals surface area contributed by atoms with Crippen molar-refractivity contribution in [3.05, 3.63) is 42.1 Å². The molecule has 0 unspecified atom stereocenters. The number of hydrogen-bond acceptors (Lipinski definition) is 2. The van der Waals surface area contributed by atoms with E-state index in [9.17, 15) is 9.18 Å². The molecule has 1 aromatic heterocycles. The van der Waals surface area contributed by atoms with Crippen molar-refractivity contribution in [1.29, 1.82) is 0 Å². The SMILES string of the molecule is O=C1Cn2cc(-c3cccc(F)c3)nc2CN1. The van der Waals surface area contributed by atoms with Gasteiger partial charge in [0, 0.05) is 11.8 Å². The van der Waals surface area contributed by atoms with Crippen LogP contribution in [0.1, 0.15) is 5.82 Å². The normalized spacial score (nSPS) is 14.3. The number of rotatable bonds is 1. The molecule has 1 aliphatic rings. The number of carbonyl (C=O) groups excluding carboxylic acids is 1. The number of benzene rings is 1. The second-order valence-corrected chi connectivity index (χ2v) is 3.96. The van der Waals surface area contributed by atoms with Gasteiger partial charge in [0.15, 0.2) is 0 Å². The molecule has 0 bridgehead atoms. The fourth-order valence-electron chi connectivity index (χ4n) is 1.91. The van der Waals surface area contributed by atoms with Crippen LogP contribution in [0.3, 0.4) is 0 Å². The molecule has 0 saturated heterocycles. The molecule has 1 amide bonds. The summed E-state index contributed by atoms with van der Waals surface area (Å²) in [5, 5.41) is 2.72. The van der Waals surface area contributed by atoms with E-state index >= 15 is 0 Å². The van der Waals surface area contributed by atoms with Crippen LogP contribution in [0, 0.1) is 5.82 Å². The lowest BCUT2D eigenvalue weighted by Gasteiger charge is -2.13. The van der Waals surface area contributed by atoms with E-state index in [-0.39, 0.29) is 18.3 Å². The van der Waals surface area contributed by atoms with Gasteiger partial charge in [-0.25, -0.2) is 9.37 Å². The highest BCUT2D eigenvalue weighted by molar-refractivity contribution is 5.77. The Labute approximate surface area is 97.1 Å². The van der Waals surface area contributed by atoms with E-state index < -0.39 is 0 Å². The predicted molar refractivity (Wildman–Crippen MR) is 59.5 cm³/mol. The smallest absolute Gasteiger partial charge is 0.240 e. The Balaban J connectivity index is 2.02. The van der Waals surface area contributed by atoms with Gasteiger partial charge in [-0.1, -0.05) is 12.1 Å². The van der Waals surface area contributed by atoms with Crippen LogP contribution in [0.5, 0.6) is 0 Å². The third-order valence-corrected chi connectivity index (χ3v) is 2.74. The van der Waals surface area contributed by atoms with Gasteiger partial charge in [-0.3, -0.25) is 4.79 Å². The minimum atomic E-state index is -0.289. The molecule has 86 valence electrons. The van der Waals surface area contributed by atoms with Crippen LogP contribution in [-0.2, 0) is 17.9 Å². The largest absolute Gasteiger partial charge is 0.347 e. The number of imidazole rings is 1. The molecule has 3 rings (SSSR count). The topological polar surface area (TPSA) is 46.9 Å². The van der Waals surface area contributed by atoms with Gasteiger partial charge in [-0.05, 0) is 12.1 Å². The fourth-order valence-corrected chi connectivity index (χ4v) is 1.91. The van der Waals surface area contributed by atoms with Gasteiger partial charge in [-0.2, -0.15) is 0 Å². The molecule has 0 radical (unpaired) electrons. The first kappa shape index (κ1) is 10.0. The summed E-state index contributed by atoms with van der Waals surface area (Å²) in [5.74, 6) is 0.479. The predicted octanol–water partition coefficient (Wildman–Crippen LogP) is 1.32. The first-order chi connectivity index (χ1) is 8.22. The van der Waals surface area contributed by atoms with E-state index in [0.29, 0.717) is 12.2 Å². The monoisotopic (exact) mass is 231 g/mol. The highest BCUT2D eigenvalue weighted by Crippen LogP contribution is 2.20. The number of fused-ring (bicyclic) bond motifs is 1. The summed E-state index contributed by atoms with van der Waals surface area (Å²) in [6, 6.07) is 6.27. The Kier molecular flexibility index (Phi) is 2.18. The lowest BCUT2D eigenvalue weighted by molar-refractivity contribution is -0.122. The van der Waals surface area contributed by atoms with Crippen LogP contribution in [0.2, 0.25) is 0 Å². The Hall–Kier alpha value is -2.17. The molecule has 2 heterocycles. The molecule has 4 nitrogen and oxygen atoms in total. The van der Waals surface area contributed by atoms with Crippen LogP contribution >= 0.6 is 0 Å². The van der Waals surface area contributed by atoms with Gasteiger partial charge in [0.25, 0.3) is 0 Å². The van der Waals surface area contributed by atoms with Crippen molar-refractivity contribution in [2.75, 3.05) is 0 Å². The zero-order valence-corrected chi connectivity index (χ0v) is 8.98. The van der Waals surface area contributed by atoms with Crippen molar-refractivity contribution in [3.8, 4) is 11.3 Å². The number of nitrogens with one attached hydrogen (secondary N) is 1. The van der Waals surface area contributed by atoms with E-state index in [0.717, 1.165) is 11.4 Å². The van der Waals surface area contributed by atoms with Gasteiger partial charge in [0.05, 0.1) is 12.2 Å². The van der Waals surface area contributed by atoms with Crippen molar-refractivity contribution in [1.82, 2.24) is 14.9 Å². The number of hydrogen-bond donors (Lipinski definition) is 1. The molecule has 0 fully saturated rings. The molecule has 0 saturated carbocycles. The average Bonchev–Trinajstić information content (AvgIpc) is 2.72. The highest BCUT2D eigenvalue weighted by atomic mass is 19.1. The summed E-state index contributed by atoms with van der Waals surface area (Å²) >= 11 is 0. The van der Waals surface area contributed by atoms with Crippen LogP contribution in [-0.4, -0.2) is 15.5 Å². The maximum atomic E-state index is 13.1. The Bertz CT molecular complexity index is 591. The fraction of sp³-hybridized carbons (Fsp3) is 0.167. The van der Waals surface area contributed by atoms with Crippen molar-refractivity contribution < 1.29 is 9.18 Å². The third kappa shape index (κ3) is 1.80. The summed E-state index contributed by atoms with van der Waals surface area (Å²) in [7, 11) is 0. The Morgan fingerprint density at radius 3 is 3.12 bits per heavy atom. The summed E-state index contributed by atoms with van der Waals surface area (Å²) in [4.78, 5) is 15.6. The quantitative estimate of drug-likeness (QED) is 0.804. The number of aromatic nitrogens is 2. The number of nitrogens with zero attached hydrogens (tertiary/aromatic N) is 2. The van der Waals surface area contributed by atoms with E-state index in [1.165, 1.54) is 12.1 Å². The molecule has 1 aromatic carbocycles. The lowest BCUT2D eigenvalue weighted by atomic mass is 10.2. The minimum Gasteiger partial charge on any atom is -0.347 e. The third-order valence-electron chi connectivity index (χ3n) is 2.74. The van der Waals surface area contributed by atoms with Crippen molar-refractivity contribution in [3.63, 3.8) is 0 Å². The zero-order chi connectivity index (χ0) is 11.8. The second-order valence-electron chi connectivity index (χ2n) is 3.96. The van der Waals surface area contributed by atoms with E-state index in [1.807, 2.05) is 0 Å². The zero-order valence-electron chi connectivity index (χ0n) is 8.98. The summed E-state index contributed by atoms with van der Waals surface area (Å²) in [6.45, 7) is 0.700. The molecular formula is C12H10FN3O. The maximum absolute atomic E-state index is 13.1. The van der Waals surface area contributed by atoms with Gasteiger partial charge in [0.2, 0.25) is 5.91 Å². The van der Waals surface area contributed by atoms with Gasteiger partial charge >= 0.3 is 0 Å². The van der Waals surface area contributed by atoms with E-state index in [1.54, 1.807) is 22.9 Å². The molecular weight excluding hydrogens is 221 g/mol. The van der Waals surface area contributed by atoms with Crippen LogP contribution < -0.4 is 5.32 Å². The number of amides is 1. The van der Waals surface area contributed by atoms with Gasteiger partial charge in [0.1, 0.15) is 18.2 Å². The second kappa shape index (κ2) is 3.69. The van der Waals surface area contributed by atoms with E-state index in [2.05, 4.69) is 10.3 Å². The highest BCUT2D eigenvalue weighted by Gasteiger charge is 2.17. The standard InChI is InChI=1S/C12H10FN3O/c13-9-3-1-2-8(4-9)10-6-16-7-12(17)14-5-11(16)15-10/h1-4,6H,5,7H2,(H,14,17). The van der Waals surface area contributed by atoms with Crippen molar-refractivity contribution in [2.24, 2.45) is 0 Å². The molecule has 2 aromatic rings. The average molecular weight is 231 g/mol. The minimum absolute atomic E-state index is 0.0271. The first-order valence-corrected chi connectivity index (χ1v) is 5.31. The first-order valence-electron chi connectivity index (χ1n) is 5.31. The molecule has 0 aliphatic carbocycles. The summed E-state index contributed by atoms with van der Waals surface area (Å²) in [6.07, 6.45) is 1.78. The Morgan fingerprint density at radius 1 is 1.41 bits per heavy atom. The van der Waals surface area contributed by atoms with Crippen LogP contribution in [0.25, 0.3) is 11.3 Å². The number of carbonyl (C=O) groups is 1. The molecule has 17 heavy (non-hydrogen) atoms. The van der Waals surface area contributed by atoms with Gasteiger partial charge in [-0.15, -0.1) is 0 Å². The van der Waals surface area contributed by atoms with Crippen molar-refractivity contribution >= 4 is 5.91 Å². The molecule has 5 heteroatoms. The van der Waals surface area contributed by atoms with Crippen LogP contribution in [0.15, 0.2) is 30.5 Å². The lowest BCUT2D eigenvalue weighted by Crippen LogP contribution is -2.33. The maximum Gasteiger partial charge on any atom is 0.240 e. The van der Waals surface area contributed by atoms with Crippen molar-refractivity contribution in [2.45, 2.75) is 13.1 Å². The molecule has 0 spiro atoms. The summed E-state index contributed by atoms with van der Waals surface area (Å²) in [5.41, 5.74) is 1.41. The summed E-state index contributed by atoms with van der Waals surface area (Å²) < 4.78 is 14.9. The van der Waals surface area contributed by atoms with Crippen LogP contribution in [0.4, 0.5) is 4.39 Å². The van der Waals surface area contributed by atoms with Gasteiger partial charge < -0.3 is 9.88 Å². The Morgan fingerprint density at radius 2 is 2.29 bits per heavy atom. The number of halogens is 1. The molecule has 0 atom stereocenters. The molecule has 1 N–H and O–H groups in total.